The van der Waals surface area contributed by atoms with E-state index >= 15 is 0 Å². The molecule has 0 nitrogen and oxygen atoms in total. The molecule has 0 atom stereocenters. The van der Waals surface area contributed by atoms with E-state index in [1.165, 1.54) is 0 Å². The van der Waals surface area contributed by atoms with E-state index in [0.29, 0.717) is 17.0 Å². The summed E-state index contributed by atoms with van der Waals surface area (Å²) in [7, 11) is 0. The van der Waals surface area contributed by atoms with E-state index in [2.05, 4.69) is 52.0 Å². The van der Waals surface area contributed by atoms with Crippen LogP contribution in [-0.2, 0) is 11.8 Å². The molecule has 0 amide bonds. The lowest BCUT2D eigenvalue weighted by Crippen LogP contribution is -2.16. The minimum Gasteiger partial charge on any atom is -0.0960 e. The Labute approximate surface area is 87.1 Å². The lowest BCUT2D eigenvalue weighted by Gasteiger charge is -2.34. The SMILES string of the molecule is CC(C)P(=S)(C(C)C)C1C=CC=C1. The van der Waals surface area contributed by atoms with Gasteiger partial charge >= 0.3 is 0 Å². The van der Waals surface area contributed by atoms with Crippen LogP contribution in [0.15, 0.2) is 24.3 Å². The van der Waals surface area contributed by atoms with Crippen LogP contribution in [-0.4, -0.2) is 17.0 Å². The van der Waals surface area contributed by atoms with Gasteiger partial charge in [0.15, 0.2) is 0 Å². The summed E-state index contributed by atoms with van der Waals surface area (Å²) < 4.78 is 0. The summed E-state index contributed by atoms with van der Waals surface area (Å²) in [6, 6.07) is -1.25. The molecule has 0 saturated heterocycles. The van der Waals surface area contributed by atoms with Gasteiger partial charge in [0.1, 0.15) is 0 Å². The summed E-state index contributed by atoms with van der Waals surface area (Å²) in [5, 5.41) is 0. The molecule has 0 aromatic rings. The topological polar surface area (TPSA) is 0 Å². The highest BCUT2D eigenvalue weighted by atomic mass is 32.4. The third kappa shape index (κ3) is 1.97. The average Bonchev–Trinajstić information content (AvgIpc) is 2.54. The fourth-order valence-electron chi connectivity index (χ4n) is 1.97. The van der Waals surface area contributed by atoms with Crippen molar-refractivity contribution in [2.75, 3.05) is 0 Å². The summed E-state index contributed by atoms with van der Waals surface area (Å²) >= 11 is 5.92. The molecule has 0 saturated carbocycles. The Balaban J connectivity index is 2.98. The van der Waals surface area contributed by atoms with Crippen LogP contribution >= 0.6 is 6.04 Å². The molecule has 0 fully saturated rings. The molecule has 1 rings (SSSR count). The van der Waals surface area contributed by atoms with E-state index < -0.39 is 6.04 Å². The average molecular weight is 214 g/mol. The number of hydrogen-bond donors (Lipinski definition) is 0. The number of rotatable bonds is 3. The molecule has 0 heterocycles. The van der Waals surface area contributed by atoms with Crippen LogP contribution in [0, 0.1) is 0 Å². The Bertz CT molecular complexity index is 250. The number of allylic oxidation sites excluding steroid dienone is 4. The molecule has 0 aliphatic heterocycles. The van der Waals surface area contributed by atoms with Gasteiger partial charge in [-0.3, -0.25) is 0 Å². The Morgan fingerprint density at radius 3 is 1.69 bits per heavy atom. The van der Waals surface area contributed by atoms with E-state index in [4.69, 9.17) is 11.8 Å². The van der Waals surface area contributed by atoms with Gasteiger partial charge in [0.2, 0.25) is 0 Å². The zero-order chi connectivity index (χ0) is 10.1. The molecule has 13 heavy (non-hydrogen) atoms. The van der Waals surface area contributed by atoms with Crippen molar-refractivity contribution in [3.63, 3.8) is 0 Å². The molecular weight excluding hydrogens is 195 g/mol. The predicted molar refractivity (Wildman–Crippen MR) is 66.6 cm³/mol. The fraction of sp³-hybridized carbons (Fsp3) is 0.636. The molecule has 2 heteroatoms. The van der Waals surface area contributed by atoms with Crippen molar-refractivity contribution in [3.8, 4) is 0 Å². The van der Waals surface area contributed by atoms with E-state index in [-0.39, 0.29) is 0 Å². The Morgan fingerprint density at radius 2 is 1.38 bits per heavy atom. The van der Waals surface area contributed by atoms with Crippen LogP contribution < -0.4 is 0 Å². The first-order chi connectivity index (χ1) is 5.99. The molecule has 0 unspecified atom stereocenters. The van der Waals surface area contributed by atoms with Crippen molar-refractivity contribution >= 4 is 17.8 Å². The van der Waals surface area contributed by atoms with Crippen LogP contribution in [0.3, 0.4) is 0 Å². The van der Waals surface area contributed by atoms with Gasteiger partial charge in [-0.15, -0.1) is 0 Å². The van der Waals surface area contributed by atoms with Crippen LogP contribution in [0.2, 0.25) is 0 Å². The van der Waals surface area contributed by atoms with E-state index in [0.717, 1.165) is 0 Å². The predicted octanol–water partition coefficient (Wildman–Crippen LogP) is 3.78. The van der Waals surface area contributed by atoms with E-state index in [1.807, 2.05) is 0 Å². The summed E-state index contributed by atoms with van der Waals surface area (Å²) in [5.41, 5.74) is 1.86. The van der Waals surface area contributed by atoms with Crippen molar-refractivity contribution in [3.05, 3.63) is 24.3 Å². The highest BCUT2D eigenvalue weighted by Gasteiger charge is 2.31. The van der Waals surface area contributed by atoms with Gasteiger partial charge in [-0.1, -0.05) is 63.8 Å². The van der Waals surface area contributed by atoms with Gasteiger partial charge in [0.25, 0.3) is 0 Å². The zero-order valence-corrected chi connectivity index (χ0v) is 10.6. The van der Waals surface area contributed by atoms with Crippen molar-refractivity contribution < 1.29 is 0 Å². The van der Waals surface area contributed by atoms with Crippen LogP contribution in [0.4, 0.5) is 0 Å². The number of hydrogen-bond acceptors (Lipinski definition) is 1. The van der Waals surface area contributed by atoms with Gasteiger partial charge in [-0.2, -0.15) is 0 Å². The fourth-order valence-corrected chi connectivity index (χ4v) is 5.70. The maximum atomic E-state index is 5.92. The summed E-state index contributed by atoms with van der Waals surface area (Å²) in [6.45, 7) is 9.11. The van der Waals surface area contributed by atoms with Crippen LogP contribution in [0.5, 0.6) is 0 Å². The highest BCUT2D eigenvalue weighted by Crippen LogP contribution is 2.60. The Hall–Kier alpha value is 0.130. The lowest BCUT2D eigenvalue weighted by atomic mass is 10.5. The van der Waals surface area contributed by atoms with Crippen molar-refractivity contribution in [1.82, 2.24) is 0 Å². The molecule has 74 valence electrons. The van der Waals surface area contributed by atoms with Gasteiger partial charge in [0.05, 0.1) is 0 Å². The molecule has 0 N–H and O–H groups in total. The minimum absolute atomic E-state index is 0.558. The van der Waals surface area contributed by atoms with Crippen molar-refractivity contribution in [1.29, 1.82) is 0 Å². The van der Waals surface area contributed by atoms with Crippen LogP contribution in [0.1, 0.15) is 27.7 Å². The lowest BCUT2D eigenvalue weighted by molar-refractivity contribution is 0.990. The van der Waals surface area contributed by atoms with Crippen molar-refractivity contribution in [2.24, 2.45) is 0 Å². The van der Waals surface area contributed by atoms with Gasteiger partial charge < -0.3 is 0 Å². The molecule has 1 aliphatic rings. The van der Waals surface area contributed by atoms with Gasteiger partial charge in [-0.25, -0.2) is 0 Å². The largest absolute Gasteiger partial charge is 0.0960 e. The molecule has 1 aliphatic carbocycles. The summed E-state index contributed by atoms with van der Waals surface area (Å²) in [5.74, 6) is 0. The second kappa shape index (κ2) is 4.11. The first-order valence-electron chi connectivity index (χ1n) is 4.93. The third-order valence-electron chi connectivity index (χ3n) is 2.81. The maximum absolute atomic E-state index is 5.92. The molecule has 0 aromatic carbocycles. The normalized spacial score (nSPS) is 18.0. The maximum Gasteiger partial charge on any atom is 0.0251 e. The Morgan fingerprint density at radius 1 is 1.00 bits per heavy atom. The standard InChI is InChI=1S/C11H19PS/c1-9(2)12(13,10(3)4)11-7-5-6-8-11/h5-11H,1-4H3. The first kappa shape index (κ1) is 11.2. The molecule has 0 aromatic heterocycles. The molecule has 0 bridgehead atoms. The highest BCUT2D eigenvalue weighted by molar-refractivity contribution is 8.15. The third-order valence-corrected chi connectivity index (χ3v) is 10.6. The first-order valence-corrected chi connectivity index (χ1v) is 7.94. The smallest absolute Gasteiger partial charge is 0.0251 e. The second-order valence-electron chi connectivity index (χ2n) is 4.21. The van der Waals surface area contributed by atoms with Gasteiger partial charge in [-0.05, 0) is 17.4 Å². The molecule has 0 radical (unpaired) electrons. The quantitative estimate of drug-likeness (QED) is 0.644. The van der Waals surface area contributed by atoms with E-state index in [9.17, 15) is 0 Å². The monoisotopic (exact) mass is 214 g/mol. The minimum atomic E-state index is -1.25. The molecule has 0 spiro atoms. The van der Waals surface area contributed by atoms with E-state index in [1.54, 1.807) is 0 Å². The Kier molecular flexibility index (Phi) is 3.54. The zero-order valence-electron chi connectivity index (χ0n) is 8.90. The molecular formula is C11H19PS. The summed E-state index contributed by atoms with van der Waals surface area (Å²) in [4.78, 5) is 0. The van der Waals surface area contributed by atoms with Gasteiger partial charge in [0, 0.05) is 5.66 Å². The summed E-state index contributed by atoms with van der Waals surface area (Å²) in [6.07, 6.45) is 8.83. The second-order valence-corrected chi connectivity index (χ2v) is 10.3. The van der Waals surface area contributed by atoms with Crippen LogP contribution in [0.25, 0.3) is 0 Å². The van der Waals surface area contributed by atoms with Crippen molar-refractivity contribution in [2.45, 2.75) is 44.7 Å².